The van der Waals surface area contributed by atoms with E-state index in [1.165, 1.54) is 51.4 Å². The molecule has 6 heteroatoms. The van der Waals surface area contributed by atoms with E-state index in [9.17, 15) is 9.59 Å². The van der Waals surface area contributed by atoms with E-state index in [0.717, 1.165) is 12.8 Å². The van der Waals surface area contributed by atoms with Crippen LogP contribution in [0.2, 0.25) is 0 Å². The molecule has 0 aliphatic carbocycles. The van der Waals surface area contributed by atoms with E-state index < -0.39 is 12.2 Å². The van der Waals surface area contributed by atoms with Crippen molar-refractivity contribution in [3.63, 3.8) is 0 Å². The summed E-state index contributed by atoms with van der Waals surface area (Å²) < 4.78 is 10.9. The molecule has 0 fully saturated rings. The maximum Gasteiger partial charge on any atom is 0.361 e. The lowest BCUT2D eigenvalue weighted by atomic mass is 10.1. The zero-order valence-corrected chi connectivity index (χ0v) is 19.5. The Labute approximate surface area is 178 Å². The summed E-state index contributed by atoms with van der Waals surface area (Å²) in [5.41, 5.74) is 0.352. The predicted molar refractivity (Wildman–Crippen MR) is 110 cm³/mol. The smallest absolute Gasteiger partial charge is 0.361 e. The molecule has 0 rings (SSSR count). The number of halogens is 1. The van der Waals surface area contributed by atoms with Crippen molar-refractivity contribution in [1.29, 1.82) is 0 Å². The predicted octanol–water partition coefficient (Wildman–Crippen LogP) is 2.00. The monoisotopic (exact) mass is 419 g/mol. The van der Waals surface area contributed by atoms with Crippen molar-refractivity contribution in [2.75, 3.05) is 27.2 Å². The minimum Gasteiger partial charge on any atom is -1.00 e. The van der Waals surface area contributed by atoms with Crippen molar-refractivity contribution in [2.24, 2.45) is 0 Å². The van der Waals surface area contributed by atoms with Crippen LogP contribution in [-0.2, 0) is 19.1 Å². The topological polar surface area (TPSA) is 52.6 Å². The molecule has 0 saturated heterocycles. The molecular weight excluding hydrogens is 378 g/mol. The van der Waals surface area contributed by atoms with E-state index in [0.29, 0.717) is 12.2 Å². The fraction of sp³-hybridized carbons (Fsp3) is 0.818. The van der Waals surface area contributed by atoms with E-state index in [4.69, 9.17) is 9.47 Å². The minimum absolute atomic E-state index is 0. The Morgan fingerprint density at radius 1 is 0.929 bits per heavy atom. The molecule has 166 valence electrons. The molecule has 0 aromatic rings. The van der Waals surface area contributed by atoms with Gasteiger partial charge in [0.15, 0.2) is 6.54 Å². The van der Waals surface area contributed by atoms with Gasteiger partial charge in [0.2, 0.25) is 6.23 Å². The highest BCUT2D eigenvalue weighted by atomic mass is 35.5. The van der Waals surface area contributed by atoms with Gasteiger partial charge in [-0.2, -0.15) is 0 Å². The van der Waals surface area contributed by atoms with Crippen LogP contribution in [0.1, 0.15) is 85.0 Å². The van der Waals surface area contributed by atoms with Crippen LogP contribution in [0, 0.1) is 0 Å². The quantitative estimate of drug-likeness (QED) is 0.126. The van der Waals surface area contributed by atoms with Gasteiger partial charge >= 0.3 is 11.9 Å². The Balaban J connectivity index is 0. The molecule has 0 aromatic carbocycles. The van der Waals surface area contributed by atoms with E-state index in [1.54, 1.807) is 13.8 Å². The molecule has 0 aromatic heterocycles. The summed E-state index contributed by atoms with van der Waals surface area (Å²) >= 11 is 0. The van der Waals surface area contributed by atoms with E-state index >= 15 is 0 Å². The second-order valence-electron chi connectivity index (χ2n) is 8.12. The zero-order chi connectivity index (χ0) is 20.7. The lowest BCUT2D eigenvalue weighted by Gasteiger charge is -2.33. The number of hydrogen-bond donors (Lipinski definition) is 0. The van der Waals surface area contributed by atoms with Gasteiger partial charge in [-0.15, -0.1) is 0 Å². The number of unbranched alkanes of at least 4 members (excludes halogenated alkanes) is 9. The number of likely N-dealkylation sites (N-methyl/N-ethyl adjacent to an activating group) is 1. The Morgan fingerprint density at radius 2 is 1.39 bits per heavy atom. The molecule has 5 nitrogen and oxygen atoms in total. The van der Waals surface area contributed by atoms with Gasteiger partial charge in [-0.3, -0.25) is 4.48 Å². The third-order valence-electron chi connectivity index (χ3n) is 4.91. The molecule has 1 atom stereocenters. The van der Waals surface area contributed by atoms with Gasteiger partial charge in [0.05, 0.1) is 20.7 Å². The number of carbonyl (C=O) groups is 2. The SMILES string of the molecule is C=C(C)C(=O)OC(C)[N+](C)(C)CC(=O)OCCCCCCCCCCCC.[Cl-]. The van der Waals surface area contributed by atoms with Gasteiger partial charge < -0.3 is 21.9 Å². The third kappa shape index (κ3) is 14.9. The maximum atomic E-state index is 12.0. The number of esters is 2. The average molecular weight is 420 g/mol. The van der Waals surface area contributed by atoms with Crippen LogP contribution in [0.15, 0.2) is 12.2 Å². The fourth-order valence-corrected chi connectivity index (χ4v) is 2.68. The van der Waals surface area contributed by atoms with Crippen LogP contribution >= 0.6 is 0 Å². The lowest BCUT2D eigenvalue weighted by molar-refractivity contribution is -0.926. The highest BCUT2D eigenvalue weighted by Gasteiger charge is 2.30. The normalized spacial score (nSPS) is 12.0. The molecule has 0 heterocycles. The number of nitrogens with zero attached hydrogens (tertiary/aromatic N) is 1. The molecule has 0 spiro atoms. The highest BCUT2D eigenvalue weighted by molar-refractivity contribution is 5.87. The largest absolute Gasteiger partial charge is 1.00 e. The summed E-state index contributed by atoms with van der Waals surface area (Å²) in [6.45, 7) is 9.83. The van der Waals surface area contributed by atoms with Gasteiger partial charge in [-0.05, 0) is 13.3 Å². The zero-order valence-electron chi connectivity index (χ0n) is 18.7. The van der Waals surface area contributed by atoms with Crippen molar-refractivity contribution >= 4 is 11.9 Å². The maximum absolute atomic E-state index is 12.0. The van der Waals surface area contributed by atoms with E-state index in [1.807, 2.05) is 14.1 Å². The lowest BCUT2D eigenvalue weighted by Crippen LogP contribution is -3.00. The Kier molecular flexibility index (Phi) is 17.5. The van der Waals surface area contributed by atoms with Crippen LogP contribution in [-0.4, -0.2) is 49.9 Å². The third-order valence-corrected chi connectivity index (χ3v) is 4.91. The van der Waals surface area contributed by atoms with Crippen LogP contribution in [0.5, 0.6) is 0 Å². The summed E-state index contributed by atoms with van der Waals surface area (Å²) in [6.07, 6.45) is 12.1. The van der Waals surface area contributed by atoms with Gasteiger partial charge in [0.25, 0.3) is 0 Å². The van der Waals surface area contributed by atoms with Crippen molar-refractivity contribution in [1.82, 2.24) is 0 Å². The molecule has 0 aliphatic rings. The van der Waals surface area contributed by atoms with Crippen LogP contribution in [0.3, 0.4) is 0 Å². The molecule has 0 bridgehead atoms. The van der Waals surface area contributed by atoms with Gasteiger partial charge in [0.1, 0.15) is 0 Å². The summed E-state index contributed by atoms with van der Waals surface area (Å²) in [5.74, 6) is -0.693. The van der Waals surface area contributed by atoms with Crippen LogP contribution in [0.4, 0.5) is 0 Å². The van der Waals surface area contributed by atoms with Crippen molar-refractivity contribution in [3.8, 4) is 0 Å². The molecule has 1 unspecified atom stereocenters. The van der Waals surface area contributed by atoms with E-state index in [-0.39, 0.29) is 29.4 Å². The first-order chi connectivity index (χ1) is 12.7. The van der Waals surface area contributed by atoms with Crippen LogP contribution in [0.25, 0.3) is 0 Å². The second-order valence-corrected chi connectivity index (χ2v) is 8.12. The summed E-state index contributed by atoms with van der Waals surface area (Å²) in [4.78, 5) is 23.7. The van der Waals surface area contributed by atoms with Gasteiger partial charge in [0, 0.05) is 12.5 Å². The first kappa shape index (κ1) is 29.1. The van der Waals surface area contributed by atoms with Gasteiger partial charge in [-0.1, -0.05) is 71.3 Å². The first-order valence-electron chi connectivity index (χ1n) is 10.6. The number of rotatable bonds is 16. The van der Waals surface area contributed by atoms with Crippen molar-refractivity contribution in [2.45, 2.75) is 91.2 Å². The molecular formula is C22H42ClNO4. The van der Waals surface area contributed by atoms with Crippen LogP contribution < -0.4 is 12.4 Å². The van der Waals surface area contributed by atoms with Crippen molar-refractivity contribution in [3.05, 3.63) is 12.2 Å². The summed E-state index contributed by atoms with van der Waals surface area (Å²) in [5, 5.41) is 0. The molecule has 0 saturated carbocycles. The Bertz CT molecular complexity index is 452. The summed E-state index contributed by atoms with van der Waals surface area (Å²) in [6, 6.07) is 0. The molecule has 0 radical (unpaired) electrons. The standard InChI is InChI=1S/C22H42NO4.ClH/c1-7-8-9-10-11-12-13-14-15-16-17-26-21(24)18-23(5,6)20(4)27-22(25)19(2)3;/h20H,2,7-18H2,1,3-6H3;1H/q+1;/p-1. The average Bonchev–Trinajstić information content (AvgIpc) is 2.59. The molecule has 0 aliphatic heterocycles. The molecule has 0 N–H and O–H groups in total. The molecule has 0 amide bonds. The Hall–Kier alpha value is -1.07. The summed E-state index contributed by atoms with van der Waals surface area (Å²) in [7, 11) is 3.69. The second kappa shape index (κ2) is 16.8. The van der Waals surface area contributed by atoms with Crippen molar-refractivity contribution < 1.29 is 36.0 Å². The highest BCUT2D eigenvalue weighted by Crippen LogP contribution is 2.12. The number of hydrogen-bond acceptors (Lipinski definition) is 4. The molecule has 28 heavy (non-hydrogen) atoms. The number of carbonyl (C=O) groups excluding carboxylic acids is 2. The first-order valence-corrected chi connectivity index (χ1v) is 10.6. The minimum atomic E-state index is -0.445. The fourth-order valence-electron chi connectivity index (χ4n) is 2.68. The Morgan fingerprint density at radius 3 is 1.86 bits per heavy atom. The van der Waals surface area contributed by atoms with E-state index in [2.05, 4.69) is 13.5 Å². The van der Waals surface area contributed by atoms with Gasteiger partial charge in [-0.25, -0.2) is 9.59 Å². The number of quaternary nitrogens is 1. The number of ether oxygens (including phenoxy) is 2.